The highest BCUT2D eigenvalue weighted by atomic mass is 16.1. The first kappa shape index (κ1) is 12.0. The SMILES string of the molecule is CC(=N)NC(=O)c1ccc(-c2ccccc2)cc1. The molecule has 2 aromatic carbocycles. The molecular weight excluding hydrogens is 224 g/mol. The Kier molecular flexibility index (Phi) is 3.53. The van der Waals surface area contributed by atoms with Crippen molar-refractivity contribution in [3.05, 3.63) is 60.2 Å². The highest BCUT2D eigenvalue weighted by molar-refractivity contribution is 6.04. The van der Waals surface area contributed by atoms with Crippen LogP contribution in [0.15, 0.2) is 54.6 Å². The summed E-state index contributed by atoms with van der Waals surface area (Å²) >= 11 is 0. The molecule has 0 saturated carbocycles. The monoisotopic (exact) mass is 238 g/mol. The van der Waals surface area contributed by atoms with E-state index in [4.69, 9.17) is 5.41 Å². The first-order valence-electron chi connectivity index (χ1n) is 5.69. The fraction of sp³-hybridized carbons (Fsp3) is 0.0667. The molecule has 0 atom stereocenters. The minimum Gasteiger partial charge on any atom is -0.311 e. The van der Waals surface area contributed by atoms with E-state index in [-0.39, 0.29) is 11.7 Å². The van der Waals surface area contributed by atoms with E-state index in [2.05, 4.69) is 5.32 Å². The quantitative estimate of drug-likeness (QED) is 0.613. The van der Waals surface area contributed by atoms with E-state index in [1.165, 1.54) is 6.92 Å². The number of rotatable bonds is 2. The Morgan fingerprint density at radius 3 is 2.06 bits per heavy atom. The van der Waals surface area contributed by atoms with Crippen molar-refractivity contribution in [1.82, 2.24) is 5.32 Å². The van der Waals surface area contributed by atoms with E-state index >= 15 is 0 Å². The second-order valence-electron chi connectivity index (χ2n) is 4.02. The summed E-state index contributed by atoms with van der Waals surface area (Å²) in [5.74, 6) is -0.103. The summed E-state index contributed by atoms with van der Waals surface area (Å²) in [6.07, 6.45) is 0. The summed E-state index contributed by atoms with van der Waals surface area (Å²) in [6, 6.07) is 17.3. The van der Waals surface area contributed by atoms with Gasteiger partial charge in [0.25, 0.3) is 5.91 Å². The number of hydrogen-bond donors (Lipinski definition) is 2. The molecule has 0 aliphatic carbocycles. The van der Waals surface area contributed by atoms with Crippen LogP contribution in [-0.4, -0.2) is 11.7 Å². The Labute approximate surface area is 106 Å². The van der Waals surface area contributed by atoms with Crippen LogP contribution in [0.4, 0.5) is 0 Å². The lowest BCUT2D eigenvalue weighted by Crippen LogP contribution is -2.27. The van der Waals surface area contributed by atoms with Crippen LogP contribution < -0.4 is 5.32 Å². The number of hydrogen-bond acceptors (Lipinski definition) is 2. The van der Waals surface area contributed by atoms with Gasteiger partial charge in [-0.2, -0.15) is 0 Å². The zero-order chi connectivity index (χ0) is 13.0. The molecule has 0 unspecified atom stereocenters. The molecule has 0 spiro atoms. The topological polar surface area (TPSA) is 53.0 Å². The van der Waals surface area contributed by atoms with Crippen LogP contribution in [0, 0.1) is 5.41 Å². The molecule has 0 aromatic heterocycles. The molecule has 2 N–H and O–H groups in total. The Morgan fingerprint density at radius 2 is 1.50 bits per heavy atom. The van der Waals surface area contributed by atoms with E-state index in [0.717, 1.165) is 11.1 Å². The number of nitrogens with one attached hydrogen (secondary N) is 2. The third-order valence-electron chi connectivity index (χ3n) is 2.56. The average Bonchev–Trinajstić information content (AvgIpc) is 2.39. The van der Waals surface area contributed by atoms with E-state index in [1.54, 1.807) is 12.1 Å². The fourth-order valence-corrected chi connectivity index (χ4v) is 1.69. The maximum atomic E-state index is 11.7. The second-order valence-corrected chi connectivity index (χ2v) is 4.02. The molecule has 90 valence electrons. The predicted molar refractivity (Wildman–Crippen MR) is 72.7 cm³/mol. The Hall–Kier alpha value is -2.42. The first-order valence-corrected chi connectivity index (χ1v) is 5.69. The molecule has 0 aliphatic rings. The van der Waals surface area contributed by atoms with Crippen molar-refractivity contribution >= 4 is 11.7 Å². The van der Waals surface area contributed by atoms with Gasteiger partial charge < -0.3 is 5.32 Å². The van der Waals surface area contributed by atoms with Gasteiger partial charge in [0.05, 0.1) is 5.84 Å². The van der Waals surface area contributed by atoms with Crippen LogP contribution in [0.3, 0.4) is 0 Å². The molecule has 2 aromatic rings. The lowest BCUT2D eigenvalue weighted by atomic mass is 10.0. The summed E-state index contributed by atoms with van der Waals surface area (Å²) in [5, 5.41) is 9.68. The largest absolute Gasteiger partial charge is 0.311 e. The van der Waals surface area contributed by atoms with Crippen LogP contribution in [0.1, 0.15) is 17.3 Å². The number of amides is 1. The summed E-state index contributed by atoms with van der Waals surface area (Å²) in [5.41, 5.74) is 2.74. The zero-order valence-corrected chi connectivity index (χ0v) is 10.1. The predicted octanol–water partition coefficient (Wildman–Crippen LogP) is 3.08. The van der Waals surface area contributed by atoms with Crippen molar-refractivity contribution in [1.29, 1.82) is 5.41 Å². The number of carbonyl (C=O) groups is 1. The van der Waals surface area contributed by atoms with Crippen molar-refractivity contribution < 1.29 is 4.79 Å². The van der Waals surface area contributed by atoms with E-state index in [1.807, 2.05) is 42.5 Å². The molecular formula is C15H14N2O. The highest BCUT2D eigenvalue weighted by Gasteiger charge is 2.05. The van der Waals surface area contributed by atoms with Crippen LogP contribution in [0.2, 0.25) is 0 Å². The van der Waals surface area contributed by atoms with Gasteiger partial charge in [-0.1, -0.05) is 42.5 Å². The molecule has 0 saturated heterocycles. The van der Waals surface area contributed by atoms with Crippen molar-refractivity contribution in [2.24, 2.45) is 0 Å². The van der Waals surface area contributed by atoms with E-state index in [9.17, 15) is 4.79 Å². The summed E-state index contributed by atoms with van der Waals surface area (Å²) in [7, 11) is 0. The molecule has 0 heterocycles. The van der Waals surface area contributed by atoms with Crippen LogP contribution in [-0.2, 0) is 0 Å². The van der Waals surface area contributed by atoms with Crippen molar-refractivity contribution in [3.8, 4) is 11.1 Å². The molecule has 0 bridgehead atoms. The van der Waals surface area contributed by atoms with Crippen molar-refractivity contribution in [3.63, 3.8) is 0 Å². The fourth-order valence-electron chi connectivity index (χ4n) is 1.69. The summed E-state index contributed by atoms with van der Waals surface area (Å²) in [4.78, 5) is 11.7. The molecule has 3 heteroatoms. The lowest BCUT2D eigenvalue weighted by molar-refractivity contribution is 0.0976. The van der Waals surface area contributed by atoms with Crippen LogP contribution >= 0.6 is 0 Å². The van der Waals surface area contributed by atoms with Gasteiger partial charge >= 0.3 is 0 Å². The number of benzene rings is 2. The van der Waals surface area contributed by atoms with Gasteiger partial charge in [0, 0.05) is 5.56 Å². The minimum atomic E-state index is -0.248. The van der Waals surface area contributed by atoms with Crippen molar-refractivity contribution in [2.45, 2.75) is 6.92 Å². The summed E-state index contributed by atoms with van der Waals surface area (Å²) in [6.45, 7) is 1.54. The second kappa shape index (κ2) is 5.27. The van der Waals surface area contributed by atoms with Crippen LogP contribution in [0.25, 0.3) is 11.1 Å². The third-order valence-corrected chi connectivity index (χ3v) is 2.56. The van der Waals surface area contributed by atoms with Crippen LogP contribution in [0.5, 0.6) is 0 Å². The maximum Gasteiger partial charge on any atom is 0.256 e. The van der Waals surface area contributed by atoms with Gasteiger partial charge in [-0.15, -0.1) is 0 Å². The standard InChI is InChI=1S/C15H14N2O/c1-11(16)17-15(18)14-9-7-13(8-10-14)12-5-3-2-4-6-12/h2-10H,1H3,(H2,16,17,18). The Morgan fingerprint density at radius 1 is 0.944 bits per heavy atom. The third kappa shape index (κ3) is 2.83. The molecule has 3 nitrogen and oxygen atoms in total. The van der Waals surface area contributed by atoms with Gasteiger partial charge in [0.1, 0.15) is 0 Å². The Balaban J connectivity index is 2.20. The molecule has 0 radical (unpaired) electrons. The van der Waals surface area contributed by atoms with Gasteiger partial charge in [-0.25, -0.2) is 0 Å². The number of carbonyl (C=O) groups excluding carboxylic acids is 1. The smallest absolute Gasteiger partial charge is 0.256 e. The van der Waals surface area contributed by atoms with Gasteiger partial charge in [0.2, 0.25) is 0 Å². The normalized spacial score (nSPS) is 9.83. The average molecular weight is 238 g/mol. The Bertz CT molecular complexity index is 559. The van der Waals surface area contributed by atoms with Gasteiger partial charge in [-0.3, -0.25) is 10.2 Å². The highest BCUT2D eigenvalue weighted by Crippen LogP contribution is 2.19. The first-order chi connectivity index (χ1) is 8.66. The molecule has 2 rings (SSSR count). The maximum absolute atomic E-state index is 11.7. The lowest BCUT2D eigenvalue weighted by Gasteiger charge is -2.05. The molecule has 1 amide bonds. The number of amidine groups is 1. The van der Waals surface area contributed by atoms with Gasteiger partial charge in [0.15, 0.2) is 0 Å². The van der Waals surface area contributed by atoms with E-state index < -0.39 is 0 Å². The minimum absolute atomic E-state index is 0.145. The summed E-state index contributed by atoms with van der Waals surface area (Å²) < 4.78 is 0. The van der Waals surface area contributed by atoms with Crippen molar-refractivity contribution in [2.75, 3.05) is 0 Å². The zero-order valence-electron chi connectivity index (χ0n) is 10.1. The molecule has 0 fully saturated rings. The molecule has 0 aliphatic heterocycles. The molecule has 18 heavy (non-hydrogen) atoms. The van der Waals surface area contributed by atoms with E-state index in [0.29, 0.717) is 5.56 Å². The van der Waals surface area contributed by atoms with Gasteiger partial charge in [-0.05, 0) is 30.2 Å².